The van der Waals surface area contributed by atoms with Crippen molar-refractivity contribution in [2.24, 2.45) is 0 Å². The van der Waals surface area contributed by atoms with Crippen LogP contribution < -0.4 is 10.1 Å². The highest BCUT2D eigenvalue weighted by Crippen LogP contribution is 2.23. The minimum absolute atomic E-state index is 0.0661. The van der Waals surface area contributed by atoms with E-state index in [1.165, 1.54) is 0 Å². The number of nitrogens with one attached hydrogen (secondary N) is 1. The van der Waals surface area contributed by atoms with Gasteiger partial charge in [0, 0.05) is 11.3 Å². The molecule has 1 N–H and O–H groups in total. The number of carbonyl (C=O) groups excluding carboxylic acids is 1. The van der Waals surface area contributed by atoms with E-state index in [-0.39, 0.29) is 18.2 Å². The summed E-state index contributed by atoms with van der Waals surface area (Å²) in [7, 11) is 1.58. The van der Waals surface area contributed by atoms with Crippen LogP contribution >= 0.6 is 0 Å². The lowest BCUT2D eigenvalue weighted by Crippen LogP contribution is -2.14. The Hall–Kier alpha value is -3.29. The lowest BCUT2D eigenvalue weighted by atomic mass is 10.1. The monoisotopic (exact) mass is 359 g/mol. The number of hydrogen-bond donors (Lipinski definition) is 1. The molecule has 0 bridgehead atoms. The number of amides is 1. The van der Waals surface area contributed by atoms with Gasteiger partial charge in [0.05, 0.1) is 13.5 Å². The van der Waals surface area contributed by atoms with Gasteiger partial charge in [0.15, 0.2) is 0 Å². The van der Waals surface area contributed by atoms with Crippen molar-refractivity contribution in [1.29, 1.82) is 0 Å². The summed E-state index contributed by atoms with van der Waals surface area (Å²) in [5.41, 5.74) is 1.94. The third-order valence-corrected chi connectivity index (χ3v) is 3.58. The van der Waals surface area contributed by atoms with Crippen LogP contribution in [0.3, 0.4) is 0 Å². The fourth-order valence-electron chi connectivity index (χ4n) is 2.28. The molecule has 3 rings (SSSR count). The van der Waals surface area contributed by atoms with Crippen molar-refractivity contribution in [2.45, 2.75) is 12.8 Å². The molecule has 0 aliphatic heterocycles. The highest BCUT2D eigenvalue weighted by molar-refractivity contribution is 5.92. The Bertz CT molecular complexity index is 877. The molecule has 0 saturated carbocycles. The van der Waals surface area contributed by atoms with Crippen molar-refractivity contribution < 1.29 is 22.8 Å². The van der Waals surface area contributed by atoms with Crippen molar-refractivity contribution in [3.63, 3.8) is 0 Å². The summed E-state index contributed by atoms with van der Waals surface area (Å²) < 4.78 is 34.5. The predicted octanol–water partition coefficient (Wildman–Crippen LogP) is 3.86. The van der Waals surface area contributed by atoms with E-state index in [1.807, 2.05) is 12.1 Å². The van der Waals surface area contributed by atoms with Crippen molar-refractivity contribution in [3.05, 3.63) is 60.0 Å². The first-order valence-electron chi connectivity index (χ1n) is 7.70. The first kappa shape index (κ1) is 17.5. The average Bonchev–Trinajstić information content (AvgIpc) is 3.13. The van der Waals surface area contributed by atoms with Crippen LogP contribution in [0.15, 0.2) is 53.1 Å². The molecular formula is C18H15F2N3O3. The number of hydrogen-bond acceptors (Lipinski definition) is 5. The molecule has 0 fully saturated rings. The van der Waals surface area contributed by atoms with Crippen LogP contribution in [-0.2, 0) is 11.2 Å². The van der Waals surface area contributed by atoms with Gasteiger partial charge in [0.2, 0.25) is 11.7 Å². The second-order valence-electron chi connectivity index (χ2n) is 5.41. The van der Waals surface area contributed by atoms with Gasteiger partial charge in [-0.15, -0.1) is 0 Å². The van der Waals surface area contributed by atoms with E-state index in [0.29, 0.717) is 11.3 Å². The Labute approximate surface area is 147 Å². The predicted molar refractivity (Wildman–Crippen MR) is 90.0 cm³/mol. The number of aromatic nitrogens is 2. The van der Waals surface area contributed by atoms with Crippen LogP contribution in [0, 0.1) is 0 Å². The van der Waals surface area contributed by atoms with E-state index in [9.17, 15) is 13.6 Å². The second-order valence-corrected chi connectivity index (χ2v) is 5.41. The molecule has 0 saturated heterocycles. The van der Waals surface area contributed by atoms with E-state index in [4.69, 9.17) is 4.74 Å². The number of alkyl halides is 2. The van der Waals surface area contributed by atoms with Crippen LogP contribution in [0.5, 0.6) is 5.75 Å². The number of ether oxygens (including phenoxy) is 1. The molecule has 6 nitrogen and oxygen atoms in total. The number of rotatable bonds is 6. The highest BCUT2D eigenvalue weighted by Gasteiger charge is 2.17. The maximum absolute atomic E-state index is 12.5. The SMILES string of the molecule is COc1ccc(CC(=O)Nc2ccc(-c3noc(C(F)F)n3)cc2)cc1. The maximum Gasteiger partial charge on any atom is 0.315 e. The molecule has 0 radical (unpaired) electrons. The zero-order valence-electron chi connectivity index (χ0n) is 13.8. The topological polar surface area (TPSA) is 77.2 Å². The molecule has 0 aliphatic rings. The number of benzene rings is 2. The second kappa shape index (κ2) is 7.73. The average molecular weight is 359 g/mol. The fraction of sp³-hybridized carbons (Fsp3) is 0.167. The zero-order valence-corrected chi connectivity index (χ0v) is 13.8. The van der Waals surface area contributed by atoms with E-state index in [0.717, 1.165) is 11.3 Å². The standard InChI is InChI=1S/C18H15F2N3O3/c1-25-14-8-2-11(3-9-14)10-15(24)21-13-6-4-12(5-7-13)17-22-18(16(19)20)26-23-17/h2-9,16H,10H2,1H3,(H,21,24). The quantitative estimate of drug-likeness (QED) is 0.723. The Balaban J connectivity index is 1.61. The summed E-state index contributed by atoms with van der Waals surface area (Å²) in [6.07, 6.45) is -2.60. The highest BCUT2D eigenvalue weighted by atomic mass is 19.3. The fourth-order valence-corrected chi connectivity index (χ4v) is 2.28. The molecule has 2 aromatic carbocycles. The van der Waals surface area contributed by atoms with Crippen LogP contribution in [0.1, 0.15) is 17.9 Å². The Morgan fingerprint density at radius 3 is 2.42 bits per heavy atom. The molecule has 3 aromatic rings. The van der Waals surface area contributed by atoms with Crippen molar-refractivity contribution in [1.82, 2.24) is 10.1 Å². The van der Waals surface area contributed by atoms with E-state index >= 15 is 0 Å². The Morgan fingerprint density at radius 2 is 1.85 bits per heavy atom. The Morgan fingerprint density at radius 1 is 1.15 bits per heavy atom. The van der Waals surface area contributed by atoms with E-state index < -0.39 is 12.3 Å². The number of halogens is 2. The summed E-state index contributed by atoms with van der Waals surface area (Å²) in [6.45, 7) is 0. The summed E-state index contributed by atoms with van der Waals surface area (Å²) in [5, 5.41) is 6.27. The minimum Gasteiger partial charge on any atom is -0.497 e. The van der Waals surface area contributed by atoms with Gasteiger partial charge in [-0.1, -0.05) is 17.3 Å². The van der Waals surface area contributed by atoms with Gasteiger partial charge in [-0.05, 0) is 42.0 Å². The summed E-state index contributed by atoms with van der Waals surface area (Å²) in [5.74, 6) is -0.114. The van der Waals surface area contributed by atoms with Crippen LogP contribution in [0.4, 0.5) is 14.5 Å². The van der Waals surface area contributed by atoms with Gasteiger partial charge in [0.1, 0.15) is 5.75 Å². The molecule has 1 amide bonds. The number of nitrogens with zero attached hydrogens (tertiary/aromatic N) is 2. The maximum atomic E-state index is 12.5. The van der Waals surface area contributed by atoms with Gasteiger partial charge >= 0.3 is 6.43 Å². The third kappa shape index (κ3) is 4.21. The molecule has 0 unspecified atom stereocenters. The molecular weight excluding hydrogens is 344 g/mol. The van der Waals surface area contributed by atoms with Crippen LogP contribution in [-0.4, -0.2) is 23.2 Å². The molecule has 0 aliphatic carbocycles. The molecule has 1 heterocycles. The van der Waals surface area contributed by atoms with Gasteiger partial charge < -0.3 is 14.6 Å². The molecule has 1 aromatic heterocycles. The summed E-state index contributed by atoms with van der Waals surface area (Å²) in [6, 6.07) is 13.7. The van der Waals surface area contributed by atoms with E-state index in [2.05, 4.69) is 20.0 Å². The van der Waals surface area contributed by atoms with Crippen molar-refractivity contribution in [3.8, 4) is 17.1 Å². The largest absolute Gasteiger partial charge is 0.497 e. The molecule has 0 spiro atoms. The van der Waals surface area contributed by atoms with Gasteiger partial charge in [0.25, 0.3) is 5.89 Å². The molecule has 26 heavy (non-hydrogen) atoms. The first-order valence-corrected chi connectivity index (χ1v) is 7.70. The normalized spacial score (nSPS) is 10.8. The van der Waals surface area contributed by atoms with Gasteiger partial charge in [-0.3, -0.25) is 4.79 Å². The number of methoxy groups -OCH3 is 1. The van der Waals surface area contributed by atoms with Crippen molar-refractivity contribution in [2.75, 3.05) is 12.4 Å². The third-order valence-electron chi connectivity index (χ3n) is 3.58. The zero-order chi connectivity index (χ0) is 18.5. The molecule has 134 valence electrons. The minimum atomic E-state index is -2.81. The first-order chi connectivity index (χ1) is 12.5. The Kier molecular flexibility index (Phi) is 5.21. The smallest absolute Gasteiger partial charge is 0.315 e. The molecule has 8 heteroatoms. The van der Waals surface area contributed by atoms with Crippen LogP contribution in [0.25, 0.3) is 11.4 Å². The number of carbonyl (C=O) groups is 1. The summed E-state index contributed by atoms with van der Waals surface area (Å²) in [4.78, 5) is 15.7. The van der Waals surface area contributed by atoms with Crippen LogP contribution in [0.2, 0.25) is 0 Å². The van der Waals surface area contributed by atoms with Gasteiger partial charge in [-0.25, -0.2) is 0 Å². The number of anilines is 1. The van der Waals surface area contributed by atoms with Gasteiger partial charge in [-0.2, -0.15) is 13.8 Å². The van der Waals surface area contributed by atoms with Crippen molar-refractivity contribution >= 4 is 11.6 Å². The van der Waals surface area contributed by atoms with E-state index in [1.54, 1.807) is 43.5 Å². The lowest BCUT2D eigenvalue weighted by Gasteiger charge is -2.06. The lowest BCUT2D eigenvalue weighted by molar-refractivity contribution is -0.115. The molecule has 0 atom stereocenters. The summed E-state index contributed by atoms with van der Waals surface area (Å²) >= 11 is 0.